The van der Waals surface area contributed by atoms with Crippen LogP contribution in [0.15, 0.2) is 0 Å². The molecule has 0 saturated heterocycles. The lowest BCUT2D eigenvalue weighted by molar-refractivity contribution is -0.132. The Labute approximate surface area is 209 Å². The molecule has 0 bridgehead atoms. The van der Waals surface area contributed by atoms with Gasteiger partial charge in [-0.25, -0.2) is 0 Å². The summed E-state index contributed by atoms with van der Waals surface area (Å²) in [4.78, 5) is 49.8. The van der Waals surface area contributed by atoms with Crippen LogP contribution in [-0.2, 0) is 19.2 Å². The van der Waals surface area contributed by atoms with Crippen LogP contribution in [0.2, 0.25) is 0 Å². The molecule has 11 nitrogen and oxygen atoms in total. The van der Waals surface area contributed by atoms with E-state index in [9.17, 15) is 19.2 Å². The first kappa shape index (κ1) is 32.3. The van der Waals surface area contributed by atoms with Gasteiger partial charge >= 0.3 is 0 Å². The summed E-state index contributed by atoms with van der Waals surface area (Å²) in [5, 5.41) is 18.0. The Morgan fingerprint density at radius 2 is 1.26 bits per heavy atom. The van der Waals surface area contributed by atoms with Crippen molar-refractivity contribution in [2.75, 3.05) is 6.54 Å². The summed E-state index contributed by atoms with van der Waals surface area (Å²) in [6, 6.07) is -3.21. The minimum Gasteiger partial charge on any atom is -0.370 e. The molecule has 4 atom stereocenters. The zero-order chi connectivity index (χ0) is 26.6. The van der Waals surface area contributed by atoms with E-state index in [2.05, 4.69) is 21.3 Å². The maximum Gasteiger partial charge on any atom is 0.243 e. The Kier molecular flexibility index (Phi) is 18.1. The van der Waals surface area contributed by atoms with E-state index < -0.39 is 41.9 Å². The van der Waals surface area contributed by atoms with Crippen molar-refractivity contribution in [3.63, 3.8) is 0 Å². The number of hydrogen-bond acceptors (Lipinski definition) is 6. The Balaban J connectivity index is 5.37. The number of nitrogens with one attached hydrogen (secondary N) is 5. The van der Waals surface area contributed by atoms with E-state index in [1.807, 2.05) is 27.1 Å². The molecule has 0 saturated carbocycles. The van der Waals surface area contributed by atoms with Gasteiger partial charge in [0.25, 0.3) is 0 Å². The Morgan fingerprint density at radius 3 is 1.80 bits per heavy atom. The lowest BCUT2D eigenvalue weighted by Gasteiger charge is -2.25. The van der Waals surface area contributed by atoms with Crippen molar-refractivity contribution in [3.05, 3.63) is 0 Å². The van der Waals surface area contributed by atoms with Crippen LogP contribution in [0, 0.1) is 5.41 Å². The van der Waals surface area contributed by atoms with Crippen LogP contribution in [0.1, 0.15) is 91.4 Å². The van der Waals surface area contributed by atoms with E-state index in [0.29, 0.717) is 38.6 Å². The van der Waals surface area contributed by atoms with Gasteiger partial charge in [-0.2, -0.15) is 0 Å². The largest absolute Gasteiger partial charge is 0.370 e. The van der Waals surface area contributed by atoms with Crippen LogP contribution in [-0.4, -0.2) is 60.7 Å². The van der Waals surface area contributed by atoms with Gasteiger partial charge in [0.1, 0.15) is 12.1 Å². The molecular formula is C24H46N7O4. The predicted molar refractivity (Wildman–Crippen MR) is 137 cm³/mol. The molecule has 0 unspecified atom stereocenters. The van der Waals surface area contributed by atoms with Crippen molar-refractivity contribution >= 4 is 30.0 Å². The van der Waals surface area contributed by atoms with Crippen LogP contribution in [0.4, 0.5) is 0 Å². The van der Waals surface area contributed by atoms with Gasteiger partial charge in [0.2, 0.25) is 24.0 Å². The van der Waals surface area contributed by atoms with E-state index in [4.69, 9.17) is 16.9 Å². The van der Waals surface area contributed by atoms with Crippen LogP contribution < -0.4 is 32.7 Å². The first-order valence-electron chi connectivity index (χ1n) is 12.8. The second-order valence-electron chi connectivity index (χ2n) is 8.82. The third kappa shape index (κ3) is 15.0. The summed E-state index contributed by atoms with van der Waals surface area (Å²) in [7, 11) is 0. The molecule has 11 heteroatoms. The molecule has 0 aliphatic rings. The van der Waals surface area contributed by atoms with Gasteiger partial charge < -0.3 is 32.7 Å². The van der Waals surface area contributed by atoms with E-state index in [1.165, 1.54) is 0 Å². The fraction of sp³-hybridized carbons (Fsp3) is 0.792. The number of rotatable bonds is 20. The topological polar surface area (TPSA) is 192 Å². The minimum atomic E-state index is -0.908. The summed E-state index contributed by atoms with van der Waals surface area (Å²) in [6.45, 7) is 6.32. The molecule has 0 aliphatic carbocycles. The average molecular weight is 497 g/mol. The van der Waals surface area contributed by atoms with E-state index in [-0.39, 0.29) is 12.4 Å². The number of hydrogen-bond donors (Lipinski definition) is 7. The first-order valence-corrected chi connectivity index (χ1v) is 12.8. The van der Waals surface area contributed by atoms with Crippen molar-refractivity contribution < 1.29 is 19.2 Å². The number of carbonyl (C=O) groups excluding carboxylic acids is 4. The van der Waals surface area contributed by atoms with Gasteiger partial charge in [-0.1, -0.05) is 59.3 Å². The van der Waals surface area contributed by atoms with Crippen LogP contribution in [0.5, 0.6) is 0 Å². The maximum atomic E-state index is 13.1. The third-order valence-corrected chi connectivity index (χ3v) is 5.61. The third-order valence-electron chi connectivity index (χ3n) is 5.61. The second kappa shape index (κ2) is 19.6. The lowest BCUT2D eigenvalue weighted by atomic mass is 10.0. The molecule has 0 aromatic heterocycles. The predicted octanol–water partition coefficient (Wildman–Crippen LogP) is 0.712. The molecule has 0 spiro atoms. The second-order valence-corrected chi connectivity index (χ2v) is 8.82. The molecule has 201 valence electrons. The molecule has 0 rings (SSSR count). The summed E-state index contributed by atoms with van der Waals surface area (Å²) in [6.07, 6.45) is 8.82. The normalized spacial score (nSPS) is 14.2. The van der Waals surface area contributed by atoms with Crippen LogP contribution in [0.25, 0.3) is 0 Å². The Morgan fingerprint density at radius 1 is 0.771 bits per heavy atom. The smallest absolute Gasteiger partial charge is 0.243 e. The first-order chi connectivity index (χ1) is 16.7. The highest BCUT2D eigenvalue weighted by molar-refractivity contribution is 5.93. The minimum absolute atomic E-state index is 0.183. The number of nitrogens with two attached hydrogens (primary N) is 2. The Bertz CT molecular complexity index is 660. The molecule has 0 fully saturated rings. The maximum absolute atomic E-state index is 13.1. The van der Waals surface area contributed by atoms with Crippen molar-refractivity contribution in [1.82, 2.24) is 21.3 Å². The fourth-order valence-electron chi connectivity index (χ4n) is 3.42. The quantitative estimate of drug-likeness (QED) is 0.0732. The fourth-order valence-corrected chi connectivity index (χ4v) is 3.42. The number of carbonyl (C=O) groups is 3. The highest BCUT2D eigenvalue weighted by atomic mass is 16.2. The summed E-state index contributed by atoms with van der Waals surface area (Å²) < 4.78 is 0. The van der Waals surface area contributed by atoms with Crippen molar-refractivity contribution in [2.45, 2.75) is 116 Å². The molecular weight excluding hydrogens is 450 g/mol. The molecule has 3 amide bonds. The monoisotopic (exact) mass is 496 g/mol. The average Bonchev–Trinajstić information content (AvgIpc) is 2.83. The van der Waals surface area contributed by atoms with Gasteiger partial charge in [-0.05, 0) is 32.1 Å². The summed E-state index contributed by atoms with van der Waals surface area (Å²) in [5.74, 6) is -1.56. The number of unbranched alkanes of at least 4 members (excludes halogenated alkanes) is 3. The molecule has 0 aliphatic heterocycles. The molecule has 0 heterocycles. The van der Waals surface area contributed by atoms with E-state index in [0.717, 1.165) is 32.1 Å². The van der Waals surface area contributed by atoms with Crippen molar-refractivity contribution in [1.29, 1.82) is 5.41 Å². The van der Waals surface area contributed by atoms with E-state index in [1.54, 1.807) is 0 Å². The van der Waals surface area contributed by atoms with Gasteiger partial charge in [0.05, 0.1) is 12.1 Å². The highest BCUT2D eigenvalue weighted by Crippen LogP contribution is 2.07. The van der Waals surface area contributed by atoms with Crippen LogP contribution in [0.3, 0.4) is 0 Å². The Hall–Kier alpha value is -2.69. The van der Waals surface area contributed by atoms with Crippen molar-refractivity contribution in [2.24, 2.45) is 11.5 Å². The van der Waals surface area contributed by atoms with Crippen molar-refractivity contribution in [3.8, 4) is 0 Å². The molecule has 9 N–H and O–H groups in total. The van der Waals surface area contributed by atoms with Crippen LogP contribution >= 0.6 is 0 Å². The highest BCUT2D eigenvalue weighted by Gasteiger charge is 2.28. The van der Waals surface area contributed by atoms with Gasteiger partial charge in [-0.15, -0.1) is 0 Å². The van der Waals surface area contributed by atoms with Gasteiger partial charge in [-0.3, -0.25) is 24.6 Å². The molecule has 1 radical (unpaired) electrons. The molecule has 0 aromatic carbocycles. The zero-order valence-corrected chi connectivity index (χ0v) is 21.6. The molecule has 0 aromatic rings. The van der Waals surface area contributed by atoms with Gasteiger partial charge in [0.15, 0.2) is 5.96 Å². The molecule has 35 heavy (non-hydrogen) atoms. The summed E-state index contributed by atoms with van der Waals surface area (Å²) in [5.41, 5.74) is 11.3. The standard InChI is InChI=1S/C24H46N7O4/c1-4-7-11-17(16-32)29-22(34)19(13-9-6-3)31-23(35)20(14-10-15-28-24(26)27)30-21(33)18(25)12-8-5-2/h17-20H,4-15,25H2,1-3H3,(H,29,34)(H,30,33)(H,31,35)(H4,26,27,28)/t17-,18+,19-,20-/m1/s1. The number of guanidine groups is 1. The van der Waals surface area contributed by atoms with E-state index >= 15 is 0 Å². The number of amides is 3. The lowest BCUT2D eigenvalue weighted by Crippen LogP contribution is -2.56. The SMILES string of the molecule is CCCC[C@H]([C]=O)NC(=O)[C@@H](CCCC)NC(=O)[C@@H](CCCNC(=N)N)NC(=O)[C@@H](N)CCCC. The zero-order valence-electron chi connectivity index (χ0n) is 21.6. The summed E-state index contributed by atoms with van der Waals surface area (Å²) >= 11 is 0. The van der Waals surface area contributed by atoms with Gasteiger partial charge in [0, 0.05) is 6.54 Å².